The lowest BCUT2D eigenvalue weighted by molar-refractivity contribution is -0.910. The fraction of sp³-hybridized carbons (Fsp3) is 0.391. The molecule has 3 N–H and O–H groups in total. The van der Waals surface area contributed by atoms with E-state index in [0.29, 0.717) is 12.1 Å². The highest BCUT2D eigenvalue weighted by atomic mass is 16.2. The summed E-state index contributed by atoms with van der Waals surface area (Å²) in [4.78, 5) is 25.9. The molecule has 5 nitrogen and oxygen atoms in total. The molecule has 5 heteroatoms. The van der Waals surface area contributed by atoms with Gasteiger partial charge in [0, 0.05) is 17.7 Å². The molecule has 0 spiro atoms. The fourth-order valence-electron chi connectivity index (χ4n) is 3.07. The fourth-order valence-corrected chi connectivity index (χ4v) is 3.07. The summed E-state index contributed by atoms with van der Waals surface area (Å²) in [5.74, 6) is -0.425. The topological polar surface area (TPSA) is 62.6 Å². The second-order valence-electron chi connectivity index (χ2n) is 7.16. The van der Waals surface area contributed by atoms with Crippen molar-refractivity contribution < 1.29 is 14.5 Å². The third kappa shape index (κ3) is 6.20. The van der Waals surface area contributed by atoms with Crippen molar-refractivity contribution in [3.05, 3.63) is 70.3 Å². The summed E-state index contributed by atoms with van der Waals surface area (Å²) in [7, 11) is 0. The Morgan fingerprint density at radius 1 is 0.893 bits per heavy atom. The minimum absolute atomic E-state index is 0.0325. The van der Waals surface area contributed by atoms with E-state index in [1.54, 1.807) is 6.07 Å². The van der Waals surface area contributed by atoms with E-state index in [1.807, 2.05) is 44.2 Å². The molecule has 0 bridgehead atoms. The molecule has 0 unspecified atom stereocenters. The highest BCUT2D eigenvalue weighted by Gasteiger charge is 2.11. The Labute approximate surface area is 168 Å². The number of rotatable bonds is 9. The summed E-state index contributed by atoms with van der Waals surface area (Å²) >= 11 is 0. The van der Waals surface area contributed by atoms with Crippen molar-refractivity contribution in [3.8, 4) is 0 Å². The first-order chi connectivity index (χ1) is 13.4. The lowest BCUT2D eigenvalue weighted by Crippen LogP contribution is -3.10. The lowest BCUT2D eigenvalue weighted by Gasteiger charge is -2.18. The predicted octanol–water partition coefficient (Wildman–Crippen LogP) is 1.77. The van der Waals surface area contributed by atoms with Crippen LogP contribution >= 0.6 is 0 Å². The molecule has 150 valence electrons. The first-order valence-electron chi connectivity index (χ1n) is 9.97. The van der Waals surface area contributed by atoms with Crippen molar-refractivity contribution in [1.29, 1.82) is 0 Å². The van der Waals surface area contributed by atoms with Gasteiger partial charge in [0.05, 0.1) is 19.6 Å². The van der Waals surface area contributed by atoms with E-state index in [9.17, 15) is 9.59 Å². The van der Waals surface area contributed by atoms with Gasteiger partial charge in [0.15, 0.2) is 0 Å². The van der Waals surface area contributed by atoms with Gasteiger partial charge in [-0.2, -0.15) is 0 Å². The summed E-state index contributed by atoms with van der Waals surface area (Å²) in [5, 5.41) is 5.60. The maximum absolute atomic E-state index is 12.2. The Balaban J connectivity index is 1.87. The summed E-state index contributed by atoms with van der Waals surface area (Å²) < 4.78 is 0. The van der Waals surface area contributed by atoms with E-state index in [4.69, 9.17) is 0 Å². The lowest BCUT2D eigenvalue weighted by atomic mass is 10.1. The molecule has 0 aromatic heterocycles. The molecule has 28 heavy (non-hydrogen) atoms. The van der Waals surface area contributed by atoms with Crippen LogP contribution in [-0.4, -0.2) is 31.4 Å². The van der Waals surface area contributed by atoms with E-state index < -0.39 is 0 Å². The number of aryl methyl sites for hydroxylation is 2. The first-order valence-corrected chi connectivity index (χ1v) is 9.97. The van der Waals surface area contributed by atoms with Gasteiger partial charge in [0.25, 0.3) is 5.91 Å². The maximum Gasteiger partial charge on any atom is 0.251 e. The van der Waals surface area contributed by atoms with Gasteiger partial charge >= 0.3 is 0 Å². The zero-order chi connectivity index (χ0) is 20.5. The molecule has 0 heterocycles. The Morgan fingerprint density at radius 3 is 2.21 bits per heavy atom. The minimum Gasteiger partial charge on any atom is -0.350 e. The number of carbonyl (C=O) groups excluding carboxylic acids is 2. The monoisotopic (exact) mass is 382 g/mol. The van der Waals surface area contributed by atoms with Gasteiger partial charge in [-0.3, -0.25) is 9.59 Å². The SMILES string of the molecule is CC[NH+](CC)Cc1ccccc1CNC(=O)CNC(=O)c1ccc(C)c(C)c1. The molecule has 0 aliphatic rings. The molecule has 0 atom stereocenters. The van der Waals surface area contributed by atoms with E-state index in [-0.39, 0.29) is 18.4 Å². The third-order valence-corrected chi connectivity index (χ3v) is 5.21. The molecule has 2 rings (SSSR count). The van der Waals surface area contributed by atoms with Crippen LogP contribution in [0.3, 0.4) is 0 Å². The minimum atomic E-state index is -0.233. The van der Waals surface area contributed by atoms with Gasteiger partial charge in [-0.25, -0.2) is 0 Å². The normalized spacial score (nSPS) is 10.8. The Hall–Kier alpha value is -2.66. The van der Waals surface area contributed by atoms with Crippen LogP contribution in [-0.2, 0) is 17.9 Å². The number of amides is 2. The summed E-state index contributed by atoms with van der Waals surface area (Å²) in [6.07, 6.45) is 0. The molecule has 0 radical (unpaired) electrons. The van der Waals surface area contributed by atoms with Crippen molar-refractivity contribution in [2.24, 2.45) is 0 Å². The molecule has 0 saturated carbocycles. The Kier molecular flexibility index (Phi) is 8.20. The third-order valence-electron chi connectivity index (χ3n) is 5.21. The summed E-state index contributed by atoms with van der Waals surface area (Å²) in [5.41, 5.74) is 5.14. The Bertz CT molecular complexity index is 813. The average molecular weight is 383 g/mol. The number of quaternary nitrogens is 1. The maximum atomic E-state index is 12.2. The number of carbonyl (C=O) groups is 2. The van der Waals surface area contributed by atoms with Crippen LogP contribution in [0, 0.1) is 13.8 Å². The van der Waals surface area contributed by atoms with E-state index in [2.05, 4.69) is 30.5 Å². The largest absolute Gasteiger partial charge is 0.350 e. The highest BCUT2D eigenvalue weighted by molar-refractivity contribution is 5.96. The van der Waals surface area contributed by atoms with Gasteiger partial charge in [-0.05, 0) is 56.5 Å². The molecule has 2 aromatic carbocycles. The van der Waals surface area contributed by atoms with Gasteiger partial charge in [0.1, 0.15) is 6.54 Å². The van der Waals surface area contributed by atoms with Crippen molar-refractivity contribution in [3.63, 3.8) is 0 Å². The van der Waals surface area contributed by atoms with Crippen molar-refractivity contribution >= 4 is 11.8 Å². The summed E-state index contributed by atoms with van der Waals surface area (Å²) in [6.45, 7) is 11.9. The smallest absolute Gasteiger partial charge is 0.251 e. The van der Waals surface area contributed by atoms with Gasteiger partial charge in [0.2, 0.25) is 5.91 Å². The average Bonchev–Trinajstić information content (AvgIpc) is 2.71. The molecule has 0 saturated heterocycles. The van der Waals surface area contributed by atoms with E-state index in [0.717, 1.165) is 36.3 Å². The quantitative estimate of drug-likeness (QED) is 0.619. The van der Waals surface area contributed by atoms with E-state index in [1.165, 1.54) is 10.5 Å². The molecule has 0 aliphatic carbocycles. The number of benzene rings is 2. The van der Waals surface area contributed by atoms with Crippen LogP contribution in [0.4, 0.5) is 0 Å². The predicted molar refractivity (Wildman–Crippen MR) is 112 cm³/mol. The van der Waals surface area contributed by atoms with Crippen LogP contribution in [0.15, 0.2) is 42.5 Å². The molecule has 0 aliphatic heterocycles. The van der Waals surface area contributed by atoms with Crippen LogP contribution in [0.1, 0.15) is 46.5 Å². The van der Waals surface area contributed by atoms with Crippen LogP contribution in [0.5, 0.6) is 0 Å². The molecular formula is C23H32N3O2+. The summed E-state index contributed by atoms with van der Waals surface area (Å²) in [6, 6.07) is 13.7. The van der Waals surface area contributed by atoms with Crippen molar-refractivity contribution in [1.82, 2.24) is 10.6 Å². The van der Waals surface area contributed by atoms with Gasteiger partial charge < -0.3 is 15.5 Å². The van der Waals surface area contributed by atoms with Crippen LogP contribution in [0.25, 0.3) is 0 Å². The van der Waals surface area contributed by atoms with Crippen molar-refractivity contribution in [2.75, 3.05) is 19.6 Å². The van der Waals surface area contributed by atoms with Crippen LogP contribution < -0.4 is 15.5 Å². The molecular weight excluding hydrogens is 350 g/mol. The first kappa shape index (κ1) is 21.6. The van der Waals surface area contributed by atoms with E-state index >= 15 is 0 Å². The highest BCUT2D eigenvalue weighted by Crippen LogP contribution is 2.10. The van der Waals surface area contributed by atoms with Crippen molar-refractivity contribution in [2.45, 2.75) is 40.8 Å². The number of hydrogen-bond acceptors (Lipinski definition) is 2. The van der Waals surface area contributed by atoms with Crippen LogP contribution in [0.2, 0.25) is 0 Å². The number of hydrogen-bond donors (Lipinski definition) is 3. The second kappa shape index (κ2) is 10.6. The zero-order valence-corrected chi connectivity index (χ0v) is 17.4. The molecule has 2 amide bonds. The number of nitrogens with one attached hydrogen (secondary N) is 3. The Morgan fingerprint density at radius 2 is 1.57 bits per heavy atom. The second-order valence-corrected chi connectivity index (χ2v) is 7.16. The molecule has 0 fully saturated rings. The standard InChI is InChI=1S/C23H31N3O2/c1-5-26(6-2)16-21-10-8-7-9-20(21)14-24-22(27)15-25-23(28)19-12-11-17(3)18(4)13-19/h7-13H,5-6,14-16H2,1-4H3,(H,24,27)(H,25,28)/p+1. The van der Waals surface area contributed by atoms with Gasteiger partial charge in [-0.15, -0.1) is 0 Å². The molecule has 2 aromatic rings. The van der Waals surface area contributed by atoms with Gasteiger partial charge in [-0.1, -0.05) is 30.3 Å². The zero-order valence-electron chi connectivity index (χ0n) is 17.4.